The molecule has 0 aliphatic rings. The standard InChI is InChI=1S/C14H11FOS/c1-17-11-8-6-10(7-9-11)14(16)12-4-2-3-5-13(12)15/h2-9H,1H3. The number of carbonyl (C=O) groups excluding carboxylic acids is 1. The molecule has 0 amide bonds. The molecule has 0 N–H and O–H groups in total. The molecular formula is C14H11FOS. The van der Waals surface area contributed by atoms with Crippen LogP contribution in [0.15, 0.2) is 53.4 Å². The molecule has 0 atom stereocenters. The molecule has 17 heavy (non-hydrogen) atoms. The van der Waals surface area contributed by atoms with E-state index in [0.717, 1.165) is 4.90 Å². The van der Waals surface area contributed by atoms with Crippen LogP contribution in [0.4, 0.5) is 4.39 Å². The molecule has 0 bridgehead atoms. The maximum Gasteiger partial charge on any atom is 0.195 e. The topological polar surface area (TPSA) is 17.1 Å². The Balaban J connectivity index is 2.34. The van der Waals surface area contributed by atoms with Crippen molar-refractivity contribution in [2.75, 3.05) is 6.26 Å². The van der Waals surface area contributed by atoms with Gasteiger partial charge in [0, 0.05) is 10.5 Å². The highest BCUT2D eigenvalue weighted by atomic mass is 32.2. The van der Waals surface area contributed by atoms with Gasteiger partial charge in [-0.05, 0) is 42.7 Å². The quantitative estimate of drug-likeness (QED) is 0.605. The number of rotatable bonds is 3. The van der Waals surface area contributed by atoms with Gasteiger partial charge in [0.2, 0.25) is 0 Å². The molecule has 0 unspecified atom stereocenters. The first-order valence-electron chi connectivity index (χ1n) is 5.15. The van der Waals surface area contributed by atoms with E-state index in [1.54, 1.807) is 36.0 Å². The smallest absolute Gasteiger partial charge is 0.195 e. The zero-order valence-electron chi connectivity index (χ0n) is 9.31. The van der Waals surface area contributed by atoms with E-state index in [9.17, 15) is 9.18 Å². The molecule has 0 heterocycles. The van der Waals surface area contributed by atoms with Gasteiger partial charge in [-0.1, -0.05) is 12.1 Å². The monoisotopic (exact) mass is 246 g/mol. The van der Waals surface area contributed by atoms with Crippen molar-refractivity contribution in [3.63, 3.8) is 0 Å². The first kappa shape index (κ1) is 11.9. The second kappa shape index (κ2) is 5.15. The van der Waals surface area contributed by atoms with Crippen molar-refractivity contribution < 1.29 is 9.18 Å². The van der Waals surface area contributed by atoms with Gasteiger partial charge in [0.1, 0.15) is 5.82 Å². The molecule has 2 rings (SSSR count). The molecule has 0 saturated carbocycles. The number of thioether (sulfide) groups is 1. The molecule has 2 aromatic carbocycles. The van der Waals surface area contributed by atoms with Crippen LogP contribution in [0.3, 0.4) is 0 Å². The van der Waals surface area contributed by atoms with Gasteiger partial charge < -0.3 is 0 Å². The van der Waals surface area contributed by atoms with Crippen molar-refractivity contribution in [2.24, 2.45) is 0 Å². The second-order valence-electron chi connectivity index (χ2n) is 3.54. The van der Waals surface area contributed by atoms with Gasteiger partial charge in [-0.2, -0.15) is 0 Å². The van der Waals surface area contributed by atoms with Crippen molar-refractivity contribution in [3.05, 3.63) is 65.5 Å². The molecule has 2 aromatic rings. The summed E-state index contributed by atoms with van der Waals surface area (Å²) in [5.74, 6) is -0.762. The summed E-state index contributed by atoms with van der Waals surface area (Å²) in [4.78, 5) is 13.1. The average Bonchev–Trinajstić information content (AvgIpc) is 2.39. The Bertz CT molecular complexity index is 534. The molecule has 3 heteroatoms. The predicted octanol–water partition coefficient (Wildman–Crippen LogP) is 3.78. The molecule has 0 aliphatic heterocycles. The van der Waals surface area contributed by atoms with E-state index in [2.05, 4.69) is 0 Å². The minimum Gasteiger partial charge on any atom is -0.288 e. The lowest BCUT2D eigenvalue weighted by molar-refractivity contribution is 0.103. The highest BCUT2D eigenvalue weighted by molar-refractivity contribution is 7.98. The van der Waals surface area contributed by atoms with Crippen LogP contribution >= 0.6 is 11.8 Å². The number of hydrogen-bond donors (Lipinski definition) is 0. The summed E-state index contributed by atoms with van der Waals surface area (Å²) < 4.78 is 13.4. The van der Waals surface area contributed by atoms with E-state index in [4.69, 9.17) is 0 Å². The molecule has 0 aliphatic carbocycles. The first-order chi connectivity index (χ1) is 8.22. The summed E-state index contributed by atoms with van der Waals surface area (Å²) in [7, 11) is 0. The number of halogens is 1. The Morgan fingerprint density at radius 1 is 1.06 bits per heavy atom. The molecule has 1 nitrogen and oxygen atoms in total. The Labute approximate surface area is 104 Å². The fourth-order valence-corrected chi connectivity index (χ4v) is 1.95. The molecule has 0 radical (unpaired) electrons. The third kappa shape index (κ3) is 2.56. The molecule has 0 fully saturated rings. The Hall–Kier alpha value is -1.61. The number of benzene rings is 2. The Kier molecular flexibility index (Phi) is 3.59. The lowest BCUT2D eigenvalue weighted by Crippen LogP contribution is -2.03. The van der Waals surface area contributed by atoms with Gasteiger partial charge in [-0.25, -0.2) is 4.39 Å². The first-order valence-corrected chi connectivity index (χ1v) is 6.38. The molecular weight excluding hydrogens is 235 g/mol. The maximum absolute atomic E-state index is 13.4. The SMILES string of the molecule is CSc1ccc(C(=O)c2ccccc2F)cc1. The van der Waals surface area contributed by atoms with Crippen molar-refractivity contribution in [3.8, 4) is 0 Å². The van der Waals surface area contributed by atoms with E-state index >= 15 is 0 Å². The van der Waals surface area contributed by atoms with Crippen molar-refractivity contribution >= 4 is 17.5 Å². The minimum atomic E-state index is -0.480. The summed E-state index contributed by atoms with van der Waals surface area (Å²) in [5, 5.41) is 0. The van der Waals surface area contributed by atoms with E-state index < -0.39 is 5.82 Å². The van der Waals surface area contributed by atoms with Crippen LogP contribution in [0.1, 0.15) is 15.9 Å². The Morgan fingerprint density at radius 3 is 2.29 bits per heavy atom. The van der Waals surface area contributed by atoms with Crippen LogP contribution in [0, 0.1) is 5.82 Å². The minimum absolute atomic E-state index is 0.115. The zero-order chi connectivity index (χ0) is 12.3. The van der Waals surface area contributed by atoms with Crippen LogP contribution in [-0.4, -0.2) is 12.0 Å². The number of ketones is 1. The van der Waals surface area contributed by atoms with E-state index in [1.807, 2.05) is 18.4 Å². The fourth-order valence-electron chi connectivity index (χ4n) is 1.54. The van der Waals surface area contributed by atoms with E-state index in [1.165, 1.54) is 12.1 Å². The van der Waals surface area contributed by atoms with Gasteiger partial charge in [-0.3, -0.25) is 4.79 Å². The summed E-state index contributed by atoms with van der Waals surface area (Å²) in [6.07, 6.45) is 1.97. The highest BCUT2D eigenvalue weighted by Crippen LogP contribution is 2.18. The van der Waals surface area contributed by atoms with E-state index in [-0.39, 0.29) is 11.3 Å². The van der Waals surface area contributed by atoms with Gasteiger partial charge in [0.05, 0.1) is 5.56 Å². The second-order valence-corrected chi connectivity index (χ2v) is 4.42. The average molecular weight is 246 g/mol. The zero-order valence-corrected chi connectivity index (χ0v) is 10.1. The van der Waals surface area contributed by atoms with Gasteiger partial charge in [-0.15, -0.1) is 11.8 Å². The molecule has 0 aromatic heterocycles. The lowest BCUT2D eigenvalue weighted by atomic mass is 10.0. The van der Waals surface area contributed by atoms with Crippen LogP contribution < -0.4 is 0 Å². The van der Waals surface area contributed by atoms with Crippen LogP contribution in [0.2, 0.25) is 0 Å². The summed E-state index contributed by atoms with van der Waals surface area (Å²) in [6.45, 7) is 0. The predicted molar refractivity (Wildman–Crippen MR) is 68.1 cm³/mol. The molecule has 86 valence electrons. The molecule has 0 saturated heterocycles. The number of hydrogen-bond acceptors (Lipinski definition) is 2. The van der Waals surface area contributed by atoms with Crippen LogP contribution in [0.25, 0.3) is 0 Å². The van der Waals surface area contributed by atoms with Gasteiger partial charge in [0.25, 0.3) is 0 Å². The number of carbonyl (C=O) groups is 1. The maximum atomic E-state index is 13.4. The third-order valence-electron chi connectivity index (χ3n) is 2.47. The highest BCUT2D eigenvalue weighted by Gasteiger charge is 2.12. The normalized spacial score (nSPS) is 10.2. The third-order valence-corrected chi connectivity index (χ3v) is 3.21. The van der Waals surface area contributed by atoms with Crippen LogP contribution in [-0.2, 0) is 0 Å². The Morgan fingerprint density at radius 2 is 1.71 bits per heavy atom. The van der Waals surface area contributed by atoms with Crippen LogP contribution in [0.5, 0.6) is 0 Å². The summed E-state index contributed by atoms with van der Waals surface area (Å²) in [6, 6.07) is 13.2. The largest absolute Gasteiger partial charge is 0.288 e. The van der Waals surface area contributed by atoms with E-state index in [0.29, 0.717) is 5.56 Å². The summed E-state index contributed by atoms with van der Waals surface area (Å²) in [5.41, 5.74) is 0.623. The summed E-state index contributed by atoms with van der Waals surface area (Å²) >= 11 is 1.60. The molecule has 0 spiro atoms. The van der Waals surface area contributed by atoms with Crippen molar-refractivity contribution in [1.82, 2.24) is 0 Å². The van der Waals surface area contributed by atoms with Crippen molar-refractivity contribution in [2.45, 2.75) is 4.90 Å². The van der Waals surface area contributed by atoms with Gasteiger partial charge in [0.15, 0.2) is 5.78 Å². The lowest BCUT2D eigenvalue weighted by Gasteiger charge is -2.03. The van der Waals surface area contributed by atoms with Crippen molar-refractivity contribution in [1.29, 1.82) is 0 Å². The van der Waals surface area contributed by atoms with Gasteiger partial charge >= 0.3 is 0 Å². The fraction of sp³-hybridized carbons (Fsp3) is 0.0714.